The second-order valence-corrected chi connectivity index (χ2v) is 8.48. The fraction of sp³-hybridized carbons (Fsp3) is 0.522. The molecule has 2 amide bonds. The van der Waals surface area contributed by atoms with Gasteiger partial charge in [-0.05, 0) is 56.6 Å². The average molecular weight is 393 g/mol. The van der Waals surface area contributed by atoms with E-state index in [9.17, 15) is 9.59 Å². The highest BCUT2D eigenvalue weighted by atomic mass is 16.2. The van der Waals surface area contributed by atoms with Gasteiger partial charge in [-0.2, -0.15) is 0 Å². The Bertz CT molecular complexity index is 942. The summed E-state index contributed by atoms with van der Waals surface area (Å²) in [4.78, 5) is 33.0. The van der Waals surface area contributed by atoms with E-state index in [1.54, 1.807) is 0 Å². The minimum Gasteiger partial charge on any atom is -0.347 e. The van der Waals surface area contributed by atoms with E-state index in [0.29, 0.717) is 18.1 Å². The number of benzene rings is 1. The van der Waals surface area contributed by atoms with Crippen LogP contribution in [-0.4, -0.2) is 34.0 Å². The van der Waals surface area contributed by atoms with Crippen molar-refractivity contribution in [2.75, 3.05) is 11.4 Å². The summed E-state index contributed by atoms with van der Waals surface area (Å²) >= 11 is 0. The predicted molar refractivity (Wildman–Crippen MR) is 111 cm³/mol. The molecule has 1 fully saturated rings. The van der Waals surface area contributed by atoms with Crippen molar-refractivity contribution >= 4 is 17.5 Å². The Morgan fingerprint density at radius 3 is 2.66 bits per heavy atom. The molecule has 0 atom stereocenters. The number of para-hydroxylation sites is 1. The van der Waals surface area contributed by atoms with Gasteiger partial charge in [-0.1, -0.05) is 31.0 Å². The molecule has 0 unspecified atom stereocenters. The summed E-state index contributed by atoms with van der Waals surface area (Å²) in [6.07, 6.45) is 9.22. The normalized spacial score (nSPS) is 19.0. The number of amides is 2. The smallest absolute Gasteiger partial charge is 0.287 e. The minimum absolute atomic E-state index is 0.0669. The Labute approximate surface area is 171 Å². The summed E-state index contributed by atoms with van der Waals surface area (Å²) in [5, 5.41) is 3.15. The molecule has 3 heterocycles. The number of imidazole rings is 1. The van der Waals surface area contributed by atoms with Gasteiger partial charge in [0.1, 0.15) is 0 Å². The summed E-state index contributed by atoms with van der Waals surface area (Å²) in [6, 6.07) is 8.36. The molecule has 29 heavy (non-hydrogen) atoms. The van der Waals surface area contributed by atoms with Crippen LogP contribution in [0, 0.1) is 0 Å². The zero-order valence-corrected chi connectivity index (χ0v) is 16.8. The van der Waals surface area contributed by atoms with Crippen LogP contribution in [0.3, 0.4) is 0 Å². The number of rotatable bonds is 3. The number of carbonyl (C=O) groups excluding carboxylic acids is 2. The quantitative estimate of drug-likeness (QED) is 0.870. The van der Waals surface area contributed by atoms with Crippen molar-refractivity contribution in [2.24, 2.45) is 0 Å². The topological polar surface area (TPSA) is 67.2 Å². The molecule has 1 N–H and O–H groups in total. The molecule has 1 aromatic heterocycles. The van der Waals surface area contributed by atoms with Gasteiger partial charge in [0.25, 0.3) is 11.8 Å². The zero-order chi connectivity index (χ0) is 19.8. The lowest BCUT2D eigenvalue weighted by atomic mass is 10.0. The van der Waals surface area contributed by atoms with Gasteiger partial charge >= 0.3 is 0 Å². The van der Waals surface area contributed by atoms with Gasteiger partial charge in [-0.3, -0.25) is 9.59 Å². The van der Waals surface area contributed by atoms with Crippen molar-refractivity contribution in [3.05, 3.63) is 47.0 Å². The molecule has 6 heteroatoms. The van der Waals surface area contributed by atoms with Crippen molar-refractivity contribution < 1.29 is 9.59 Å². The molecular formula is C23H28N4O2. The van der Waals surface area contributed by atoms with Gasteiger partial charge in [-0.25, -0.2) is 4.98 Å². The van der Waals surface area contributed by atoms with E-state index >= 15 is 0 Å². The lowest BCUT2D eigenvalue weighted by Crippen LogP contribution is -2.36. The molecule has 1 saturated carbocycles. The maximum atomic E-state index is 13.5. The van der Waals surface area contributed by atoms with Crippen molar-refractivity contribution in [3.63, 3.8) is 0 Å². The fourth-order valence-corrected chi connectivity index (χ4v) is 5.08. The second-order valence-electron chi connectivity index (χ2n) is 8.48. The Balaban J connectivity index is 1.48. The van der Waals surface area contributed by atoms with E-state index in [2.05, 4.69) is 16.4 Å². The molecule has 2 aliphatic heterocycles. The number of carbonyl (C=O) groups is 2. The van der Waals surface area contributed by atoms with E-state index in [1.165, 1.54) is 18.4 Å². The van der Waals surface area contributed by atoms with Gasteiger partial charge in [0.05, 0.1) is 5.69 Å². The van der Waals surface area contributed by atoms with Crippen LogP contribution < -0.4 is 10.2 Å². The minimum atomic E-state index is -0.127. The number of fused-ring (bicyclic) bond motifs is 2. The first-order valence-corrected chi connectivity index (χ1v) is 11.0. The van der Waals surface area contributed by atoms with Gasteiger partial charge in [0, 0.05) is 24.8 Å². The molecule has 152 valence electrons. The molecule has 0 saturated heterocycles. The monoisotopic (exact) mass is 392 g/mol. The molecule has 2 aromatic rings. The van der Waals surface area contributed by atoms with Gasteiger partial charge in [0.15, 0.2) is 11.5 Å². The molecule has 3 aliphatic rings. The highest BCUT2D eigenvalue weighted by molar-refractivity contribution is 6.07. The standard InChI is InChI=1S/C23H28N4O2/c28-22(24-17-10-2-3-11-17)21-25-20(19-13-5-6-14-26(19)21)23(29)27-15-7-9-16-8-1-4-12-18(16)27/h1,4,8,12,17H,2-3,5-7,9-11,13-15H2,(H,24,28). The second kappa shape index (κ2) is 7.65. The van der Waals surface area contributed by atoms with E-state index in [0.717, 1.165) is 62.9 Å². The molecule has 1 aliphatic carbocycles. The van der Waals surface area contributed by atoms with Gasteiger partial charge in [0.2, 0.25) is 0 Å². The van der Waals surface area contributed by atoms with E-state index in [4.69, 9.17) is 0 Å². The molecular weight excluding hydrogens is 364 g/mol. The van der Waals surface area contributed by atoms with Crippen LogP contribution >= 0.6 is 0 Å². The molecule has 1 aromatic carbocycles. The maximum absolute atomic E-state index is 13.5. The van der Waals surface area contributed by atoms with Crippen LogP contribution in [0.4, 0.5) is 5.69 Å². The molecule has 0 radical (unpaired) electrons. The van der Waals surface area contributed by atoms with Crippen LogP contribution in [-0.2, 0) is 19.4 Å². The third kappa shape index (κ3) is 3.34. The third-order valence-corrected chi connectivity index (χ3v) is 6.57. The Hall–Kier alpha value is -2.63. The largest absolute Gasteiger partial charge is 0.347 e. The van der Waals surface area contributed by atoms with E-state index in [-0.39, 0.29) is 17.9 Å². The Morgan fingerprint density at radius 1 is 0.966 bits per heavy atom. The third-order valence-electron chi connectivity index (χ3n) is 6.57. The Kier molecular flexibility index (Phi) is 4.86. The first-order valence-electron chi connectivity index (χ1n) is 11.0. The summed E-state index contributed by atoms with van der Waals surface area (Å²) < 4.78 is 2.00. The van der Waals surface area contributed by atoms with Crippen LogP contribution in [0.1, 0.15) is 77.3 Å². The molecule has 0 spiro atoms. The maximum Gasteiger partial charge on any atom is 0.287 e. The highest BCUT2D eigenvalue weighted by Crippen LogP contribution is 2.30. The first kappa shape index (κ1) is 18.4. The molecule has 0 bridgehead atoms. The lowest BCUT2D eigenvalue weighted by Gasteiger charge is -2.29. The number of aromatic nitrogens is 2. The van der Waals surface area contributed by atoms with Crippen molar-refractivity contribution in [1.82, 2.24) is 14.9 Å². The summed E-state index contributed by atoms with van der Waals surface area (Å²) in [6.45, 7) is 1.46. The SMILES string of the molecule is O=C(NC1CCCC1)c1nc(C(=O)N2CCCc3ccccc32)c2n1CCCC2. The lowest BCUT2D eigenvalue weighted by molar-refractivity contribution is 0.0921. The number of anilines is 1. The first-order chi connectivity index (χ1) is 14.2. The molecule has 6 nitrogen and oxygen atoms in total. The van der Waals surface area contributed by atoms with Crippen molar-refractivity contribution in [2.45, 2.75) is 70.4 Å². The predicted octanol–water partition coefficient (Wildman–Crippen LogP) is 3.48. The summed E-state index contributed by atoms with van der Waals surface area (Å²) in [5.74, 6) is 0.223. The van der Waals surface area contributed by atoms with Gasteiger partial charge in [-0.15, -0.1) is 0 Å². The fourth-order valence-electron chi connectivity index (χ4n) is 5.08. The molecule has 5 rings (SSSR count). The van der Waals surface area contributed by atoms with Gasteiger partial charge < -0.3 is 14.8 Å². The zero-order valence-electron chi connectivity index (χ0n) is 16.8. The number of nitrogens with zero attached hydrogens (tertiary/aromatic N) is 3. The van der Waals surface area contributed by atoms with Crippen LogP contribution in [0.5, 0.6) is 0 Å². The van der Waals surface area contributed by atoms with Crippen molar-refractivity contribution in [1.29, 1.82) is 0 Å². The number of nitrogens with one attached hydrogen (secondary N) is 1. The van der Waals surface area contributed by atoms with Crippen LogP contribution in [0.2, 0.25) is 0 Å². The van der Waals surface area contributed by atoms with E-state index < -0.39 is 0 Å². The number of hydrogen-bond acceptors (Lipinski definition) is 3. The average Bonchev–Trinajstić information content (AvgIpc) is 3.40. The van der Waals surface area contributed by atoms with E-state index in [1.807, 2.05) is 27.7 Å². The highest BCUT2D eigenvalue weighted by Gasteiger charge is 2.32. The summed E-state index contributed by atoms with van der Waals surface area (Å²) in [7, 11) is 0. The Morgan fingerprint density at radius 2 is 1.79 bits per heavy atom. The van der Waals surface area contributed by atoms with Crippen LogP contribution in [0.15, 0.2) is 24.3 Å². The van der Waals surface area contributed by atoms with Crippen molar-refractivity contribution in [3.8, 4) is 0 Å². The number of aryl methyl sites for hydroxylation is 1. The summed E-state index contributed by atoms with van der Waals surface area (Å²) in [5.41, 5.74) is 3.59. The van der Waals surface area contributed by atoms with Crippen LogP contribution in [0.25, 0.3) is 0 Å². The number of hydrogen-bond donors (Lipinski definition) is 1.